The third-order valence-electron chi connectivity index (χ3n) is 4.30. The van der Waals surface area contributed by atoms with Gasteiger partial charge in [0.1, 0.15) is 11.4 Å². The predicted molar refractivity (Wildman–Crippen MR) is 118 cm³/mol. The van der Waals surface area contributed by atoms with Crippen molar-refractivity contribution >= 4 is 28.8 Å². The van der Waals surface area contributed by atoms with Gasteiger partial charge in [0, 0.05) is 11.6 Å². The summed E-state index contributed by atoms with van der Waals surface area (Å²) in [4.78, 5) is 20.9. The molecule has 0 unspecified atom stereocenters. The van der Waals surface area contributed by atoms with Crippen LogP contribution in [-0.4, -0.2) is 22.7 Å². The van der Waals surface area contributed by atoms with Gasteiger partial charge < -0.3 is 4.74 Å². The molecule has 0 saturated carbocycles. The van der Waals surface area contributed by atoms with E-state index in [2.05, 4.69) is 10.5 Å². The van der Waals surface area contributed by atoms with Crippen molar-refractivity contribution in [3.63, 3.8) is 0 Å². The number of nitro benzene ring substituents is 2. The van der Waals surface area contributed by atoms with Crippen LogP contribution in [0.15, 0.2) is 84.0 Å². The van der Waals surface area contributed by atoms with Crippen LogP contribution < -0.4 is 10.2 Å². The number of methoxy groups -OCH3 is 1. The Morgan fingerprint density at radius 1 is 0.968 bits per heavy atom. The molecule has 9 nitrogen and oxygen atoms in total. The Balaban J connectivity index is 1.94. The number of allylic oxidation sites excluding steroid dienone is 1. The number of non-ortho nitro benzene ring substituents is 1. The largest absolute Gasteiger partial charge is 0.497 e. The molecule has 9 heteroatoms. The van der Waals surface area contributed by atoms with Crippen LogP contribution in [0.3, 0.4) is 0 Å². The molecule has 0 atom stereocenters. The van der Waals surface area contributed by atoms with Crippen LogP contribution in [0, 0.1) is 20.2 Å². The molecule has 0 aromatic heterocycles. The van der Waals surface area contributed by atoms with E-state index in [1.807, 2.05) is 60.7 Å². The highest BCUT2D eigenvalue weighted by Crippen LogP contribution is 2.29. The summed E-state index contributed by atoms with van der Waals surface area (Å²) in [6.07, 6.45) is 3.61. The molecule has 0 fully saturated rings. The molecule has 156 valence electrons. The van der Waals surface area contributed by atoms with Crippen LogP contribution in [0.1, 0.15) is 11.1 Å². The first-order chi connectivity index (χ1) is 15.0. The first-order valence-corrected chi connectivity index (χ1v) is 9.12. The number of nitro groups is 2. The molecular weight excluding hydrogens is 400 g/mol. The number of benzene rings is 3. The molecule has 0 heterocycles. The van der Waals surface area contributed by atoms with Gasteiger partial charge in [-0.1, -0.05) is 48.5 Å². The van der Waals surface area contributed by atoms with Crippen LogP contribution >= 0.6 is 0 Å². The highest BCUT2D eigenvalue weighted by Gasteiger charge is 2.19. The number of anilines is 1. The van der Waals surface area contributed by atoms with Crippen molar-refractivity contribution in [1.82, 2.24) is 0 Å². The second-order valence-electron chi connectivity index (χ2n) is 6.30. The van der Waals surface area contributed by atoms with Gasteiger partial charge in [-0.15, -0.1) is 0 Å². The lowest BCUT2D eigenvalue weighted by Gasteiger charge is -2.06. The van der Waals surface area contributed by atoms with Gasteiger partial charge in [0.15, 0.2) is 0 Å². The molecule has 0 aliphatic heterocycles. The van der Waals surface area contributed by atoms with E-state index in [-0.39, 0.29) is 11.4 Å². The fraction of sp³-hybridized carbons (Fsp3) is 0.0455. The summed E-state index contributed by atoms with van der Waals surface area (Å²) in [6, 6.07) is 20.0. The summed E-state index contributed by atoms with van der Waals surface area (Å²) in [7, 11) is 1.59. The predicted octanol–water partition coefficient (Wildman–Crippen LogP) is 5.04. The highest BCUT2D eigenvalue weighted by atomic mass is 16.6. The van der Waals surface area contributed by atoms with E-state index in [0.717, 1.165) is 22.9 Å². The van der Waals surface area contributed by atoms with E-state index in [0.29, 0.717) is 5.71 Å². The second-order valence-corrected chi connectivity index (χ2v) is 6.30. The van der Waals surface area contributed by atoms with E-state index in [1.54, 1.807) is 13.2 Å². The number of hydrazone groups is 1. The molecule has 3 aromatic rings. The Kier molecular flexibility index (Phi) is 6.69. The molecule has 0 aliphatic carbocycles. The lowest BCUT2D eigenvalue weighted by atomic mass is 10.1. The minimum atomic E-state index is -0.694. The Bertz CT molecular complexity index is 1140. The molecule has 0 aliphatic rings. The zero-order chi connectivity index (χ0) is 22.2. The normalized spacial score (nSPS) is 11.3. The van der Waals surface area contributed by atoms with Crippen LogP contribution in [0.2, 0.25) is 0 Å². The fourth-order valence-electron chi connectivity index (χ4n) is 2.70. The third-order valence-corrected chi connectivity index (χ3v) is 4.30. The minimum Gasteiger partial charge on any atom is -0.497 e. The number of hydrogen-bond donors (Lipinski definition) is 1. The smallest absolute Gasteiger partial charge is 0.301 e. The van der Waals surface area contributed by atoms with Crippen molar-refractivity contribution in [3.05, 3.63) is 110 Å². The summed E-state index contributed by atoms with van der Waals surface area (Å²) < 4.78 is 5.15. The van der Waals surface area contributed by atoms with Crippen molar-refractivity contribution in [2.75, 3.05) is 12.5 Å². The first kappa shape index (κ1) is 21.2. The summed E-state index contributed by atoms with van der Waals surface area (Å²) in [6.45, 7) is 0. The lowest BCUT2D eigenvalue weighted by Crippen LogP contribution is -2.03. The zero-order valence-corrected chi connectivity index (χ0v) is 16.5. The van der Waals surface area contributed by atoms with E-state index >= 15 is 0 Å². The van der Waals surface area contributed by atoms with Crippen LogP contribution in [0.4, 0.5) is 17.1 Å². The van der Waals surface area contributed by atoms with Gasteiger partial charge in [-0.3, -0.25) is 25.7 Å². The highest BCUT2D eigenvalue weighted by molar-refractivity contribution is 6.11. The standard InChI is InChI=1S/C22H18N4O5/c1-31-19-11-7-16(8-12-19)9-13-20(17-5-3-2-4-6-17)23-24-21-14-10-18(25(27)28)15-22(21)26(29)30/h2-15,24H,1H3/b13-9+,23-20-. The SMILES string of the molecule is COc1ccc(/C=C/C(=N/Nc2ccc([N+](=O)[O-])cc2[N+](=O)[O-])c2ccccc2)cc1. The molecule has 3 rings (SSSR count). The average molecular weight is 418 g/mol. The maximum Gasteiger partial charge on any atom is 0.301 e. The zero-order valence-electron chi connectivity index (χ0n) is 16.5. The molecule has 0 bridgehead atoms. The van der Waals surface area contributed by atoms with E-state index < -0.39 is 15.5 Å². The average Bonchev–Trinajstić information content (AvgIpc) is 2.79. The monoisotopic (exact) mass is 418 g/mol. The van der Waals surface area contributed by atoms with Crippen molar-refractivity contribution in [1.29, 1.82) is 0 Å². The number of nitrogens with one attached hydrogen (secondary N) is 1. The minimum absolute atomic E-state index is 0.0434. The van der Waals surface area contributed by atoms with E-state index in [9.17, 15) is 20.2 Å². The van der Waals surface area contributed by atoms with Gasteiger partial charge in [-0.05, 0) is 29.8 Å². The molecule has 0 amide bonds. The van der Waals surface area contributed by atoms with Gasteiger partial charge in [0.25, 0.3) is 5.69 Å². The Morgan fingerprint density at radius 3 is 2.29 bits per heavy atom. The first-order valence-electron chi connectivity index (χ1n) is 9.12. The van der Waals surface area contributed by atoms with Crippen LogP contribution in [0.25, 0.3) is 6.08 Å². The van der Waals surface area contributed by atoms with Crippen molar-refractivity contribution in [3.8, 4) is 5.75 Å². The fourth-order valence-corrected chi connectivity index (χ4v) is 2.70. The molecule has 0 spiro atoms. The second kappa shape index (κ2) is 9.79. The van der Waals surface area contributed by atoms with Gasteiger partial charge in [0.2, 0.25) is 0 Å². The summed E-state index contributed by atoms with van der Waals surface area (Å²) in [5, 5.41) is 26.6. The lowest BCUT2D eigenvalue weighted by molar-refractivity contribution is -0.393. The Hall–Kier alpha value is -4.53. The maximum atomic E-state index is 11.3. The topological polar surface area (TPSA) is 120 Å². The molecular formula is C22H18N4O5. The van der Waals surface area contributed by atoms with Gasteiger partial charge in [-0.25, -0.2) is 0 Å². The Morgan fingerprint density at radius 2 is 1.68 bits per heavy atom. The van der Waals surface area contributed by atoms with E-state index in [1.165, 1.54) is 12.1 Å². The van der Waals surface area contributed by atoms with Crippen molar-refractivity contribution < 1.29 is 14.6 Å². The number of rotatable bonds is 8. The molecule has 1 N–H and O–H groups in total. The molecule has 31 heavy (non-hydrogen) atoms. The summed E-state index contributed by atoms with van der Waals surface area (Å²) in [5.41, 5.74) is 4.11. The number of nitrogens with zero attached hydrogens (tertiary/aromatic N) is 3. The molecule has 0 radical (unpaired) electrons. The summed E-state index contributed by atoms with van der Waals surface area (Å²) in [5.74, 6) is 0.737. The summed E-state index contributed by atoms with van der Waals surface area (Å²) >= 11 is 0. The van der Waals surface area contributed by atoms with Gasteiger partial charge in [0.05, 0.1) is 28.7 Å². The van der Waals surface area contributed by atoms with Crippen LogP contribution in [-0.2, 0) is 0 Å². The third kappa shape index (κ3) is 5.51. The van der Waals surface area contributed by atoms with Gasteiger partial charge >= 0.3 is 5.69 Å². The maximum absolute atomic E-state index is 11.3. The molecule has 3 aromatic carbocycles. The molecule has 0 saturated heterocycles. The van der Waals surface area contributed by atoms with Crippen LogP contribution in [0.5, 0.6) is 5.75 Å². The number of ether oxygens (including phenoxy) is 1. The Labute approximate surface area is 177 Å². The van der Waals surface area contributed by atoms with Gasteiger partial charge in [-0.2, -0.15) is 5.10 Å². The van der Waals surface area contributed by atoms with Crippen molar-refractivity contribution in [2.24, 2.45) is 5.10 Å². The quantitative estimate of drug-likeness (QED) is 0.311. The van der Waals surface area contributed by atoms with Crippen molar-refractivity contribution in [2.45, 2.75) is 0 Å². The van der Waals surface area contributed by atoms with E-state index in [4.69, 9.17) is 4.74 Å². The number of hydrogen-bond acceptors (Lipinski definition) is 7.